The molecule has 0 unspecified atom stereocenters. The summed E-state index contributed by atoms with van der Waals surface area (Å²) in [6.45, 7) is 0.830. The molecule has 2 rings (SSSR count). The van der Waals surface area contributed by atoms with E-state index in [0.717, 1.165) is 0 Å². The van der Waals surface area contributed by atoms with Crippen LogP contribution in [0.15, 0.2) is 24.3 Å². The lowest BCUT2D eigenvalue weighted by molar-refractivity contribution is 0.163. The van der Waals surface area contributed by atoms with Gasteiger partial charge in [0.1, 0.15) is 12.4 Å². The fraction of sp³-hybridized carbons (Fsp3) is 0.222. The molecule has 74 valence electrons. The van der Waals surface area contributed by atoms with Gasteiger partial charge in [-0.1, -0.05) is 6.07 Å². The molecule has 0 bridgehead atoms. The highest BCUT2D eigenvalue weighted by Gasteiger charge is 2.21. The maximum absolute atomic E-state index is 12.8. The molecule has 0 aromatic heterocycles. The van der Waals surface area contributed by atoms with Gasteiger partial charge in [-0.2, -0.15) is 0 Å². The zero-order valence-electron chi connectivity index (χ0n) is 7.37. The molecule has 1 fully saturated rings. The number of halogens is 1. The van der Waals surface area contributed by atoms with Crippen LogP contribution >= 0.6 is 0 Å². The minimum atomic E-state index is -0.436. The van der Waals surface area contributed by atoms with Crippen molar-refractivity contribution in [1.82, 2.24) is 5.01 Å². The number of rotatable bonds is 2. The zero-order chi connectivity index (χ0) is 9.97. The highest BCUT2D eigenvalue weighted by molar-refractivity contribution is 5.71. The summed E-state index contributed by atoms with van der Waals surface area (Å²) in [6, 6.07) is 5.90. The van der Waals surface area contributed by atoms with E-state index in [1.54, 1.807) is 12.1 Å². The molecule has 14 heavy (non-hydrogen) atoms. The Labute approximate surface area is 80.2 Å². The number of carbonyl (C=O) groups excluding carboxylic acids is 1. The van der Waals surface area contributed by atoms with Crippen molar-refractivity contribution < 1.29 is 13.9 Å². The molecule has 1 aromatic carbocycles. The molecule has 0 atom stereocenters. The molecular weight excluding hydrogens is 187 g/mol. The third-order valence-corrected chi connectivity index (χ3v) is 1.85. The average Bonchev–Trinajstić information content (AvgIpc) is 2.52. The zero-order valence-corrected chi connectivity index (χ0v) is 7.37. The van der Waals surface area contributed by atoms with Crippen molar-refractivity contribution in [2.75, 3.05) is 18.6 Å². The molecular formula is C9H9FN2O2. The van der Waals surface area contributed by atoms with Gasteiger partial charge in [0.2, 0.25) is 0 Å². The van der Waals surface area contributed by atoms with Gasteiger partial charge < -0.3 is 4.74 Å². The second-order valence-corrected chi connectivity index (χ2v) is 2.89. The second-order valence-electron chi connectivity index (χ2n) is 2.89. The van der Waals surface area contributed by atoms with Gasteiger partial charge in [0.25, 0.3) is 0 Å². The lowest BCUT2D eigenvalue weighted by Crippen LogP contribution is -2.30. The summed E-state index contributed by atoms with van der Waals surface area (Å²) < 4.78 is 17.5. The molecule has 1 amide bonds. The van der Waals surface area contributed by atoms with Crippen molar-refractivity contribution in [2.45, 2.75) is 0 Å². The summed E-state index contributed by atoms with van der Waals surface area (Å²) in [7, 11) is 0. The summed E-state index contributed by atoms with van der Waals surface area (Å²) in [6.07, 6.45) is -0.436. The van der Waals surface area contributed by atoms with Crippen molar-refractivity contribution in [3.8, 4) is 0 Å². The third kappa shape index (κ3) is 1.76. The summed E-state index contributed by atoms with van der Waals surface area (Å²) >= 11 is 0. The van der Waals surface area contributed by atoms with Gasteiger partial charge in [-0.05, 0) is 18.2 Å². The van der Waals surface area contributed by atoms with E-state index in [0.29, 0.717) is 18.8 Å². The van der Waals surface area contributed by atoms with E-state index in [9.17, 15) is 9.18 Å². The van der Waals surface area contributed by atoms with Crippen LogP contribution in [0.4, 0.5) is 14.9 Å². The van der Waals surface area contributed by atoms with Crippen LogP contribution in [0.1, 0.15) is 0 Å². The molecule has 1 N–H and O–H groups in total. The molecule has 0 aliphatic carbocycles. The van der Waals surface area contributed by atoms with E-state index < -0.39 is 6.09 Å². The second kappa shape index (κ2) is 3.53. The number of carbonyl (C=O) groups is 1. The van der Waals surface area contributed by atoms with Crippen LogP contribution in [0.2, 0.25) is 0 Å². The van der Waals surface area contributed by atoms with Crippen LogP contribution in [0.25, 0.3) is 0 Å². The van der Waals surface area contributed by atoms with Gasteiger partial charge in [0.05, 0.1) is 12.2 Å². The number of ether oxygens (including phenoxy) is 1. The quantitative estimate of drug-likeness (QED) is 0.781. The SMILES string of the molecule is O=C1OCCN1Nc1cccc(F)c1. The Morgan fingerprint density at radius 1 is 1.50 bits per heavy atom. The Kier molecular flexibility index (Phi) is 2.22. The molecule has 0 radical (unpaired) electrons. The molecule has 1 heterocycles. The number of benzene rings is 1. The van der Waals surface area contributed by atoms with Crippen LogP contribution in [-0.4, -0.2) is 24.3 Å². The number of hydrogen-bond acceptors (Lipinski definition) is 3. The smallest absolute Gasteiger partial charge is 0.428 e. The van der Waals surface area contributed by atoms with Crippen molar-refractivity contribution in [3.63, 3.8) is 0 Å². The van der Waals surface area contributed by atoms with Crippen molar-refractivity contribution in [3.05, 3.63) is 30.1 Å². The Morgan fingerprint density at radius 2 is 2.36 bits per heavy atom. The van der Waals surface area contributed by atoms with Gasteiger partial charge in [0, 0.05) is 0 Å². The van der Waals surface area contributed by atoms with Crippen molar-refractivity contribution in [1.29, 1.82) is 0 Å². The fourth-order valence-corrected chi connectivity index (χ4v) is 1.21. The minimum Gasteiger partial charge on any atom is -0.446 e. The highest BCUT2D eigenvalue weighted by Crippen LogP contribution is 2.12. The maximum Gasteiger partial charge on any atom is 0.428 e. The summed E-state index contributed by atoms with van der Waals surface area (Å²) in [5.41, 5.74) is 3.28. The summed E-state index contributed by atoms with van der Waals surface area (Å²) in [4.78, 5) is 11.0. The maximum atomic E-state index is 12.8. The molecule has 1 aliphatic rings. The number of anilines is 1. The Balaban J connectivity index is 2.07. The molecule has 1 aromatic rings. The van der Waals surface area contributed by atoms with Crippen LogP contribution in [-0.2, 0) is 4.74 Å². The van der Waals surface area contributed by atoms with E-state index >= 15 is 0 Å². The third-order valence-electron chi connectivity index (χ3n) is 1.85. The van der Waals surface area contributed by atoms with E-state index in [-0.39, 0.29) is 5.82 Å². The number of hydrazine groups is 1. The van der Waals surface area contributed by atoms with Crippen LogP contribution in [0.3, 0.4) is 0 Å². The van der Waals surface area contributed by atoms with Gasteiger partial charge in [-0.25, -0.2) is 14.2 Å². The number of hydrogen-bond donors (Lipinski definition) is 1. The van der Waals surface area contributed by atoms with Gasteiger partial charge in [-0.3, -0.25) is 5.43 Å². The summed E-state index contributed by atoms with van der Waals surface area (Å²) in [5, 5.41) is 1.30. The topological polar surface area (TPSA) is 41.6 Å². The van der Waals surface area contributed by atoms with Gasteiger partial charge in [-0.15, -0.1) is 0 Å². The first kappa shape index (κ1) is 8.80. The largest absolute Gasteiger partial charge is 0.446 e. The number of amides is 1. The molecule has 1 saturated heterocycles. The van der Waals surface area contributed by atoms with E-state index in [1.807, 2.05) is 0 Å². The normalized spacial score (nSPS) is 15.5. The lowest BCUT2D eigenvalue weighted by atomic mass is 10.3. The number of nitrogens with one attached hydrogen (secondary N) is 1. The first-order valence-corrected chi connectivity index (χ1v) is 4.22. The lowest BCUT2D eigenvalue weighted by Gasteiger charge is -2.15. The summed E-state index contributed by atoms with van der Waals surface area (Å²) in [5.74, 6) is -0.345. The number of nitrogens with zero attached hydrogens (tertiary/aromatic N) is 1. The monoisotopic (exact) mass is 196 g/mol. The molecule has 0 saturated carbocycles. The number of cyclic esters (lactones) is 1. The van der Waals surface area contributed by atoms with E-state index in [4.69, 9.17) is 4.74 Å². The molecule has 1 aliphatic heterocycles. The Hall–Kier alpha value is -1.78. The van der Waals surface area contributed by atoms with Crippen molar-refractivity contribution in [2.24, 2.45) is 0 Å². The average molecular weight is 196 g/mol. The van der Waals surface area contributed by atoms with Crippen LogP contribution < -0.4 is 5.43 Å². The minimum absolute atomic E-state index is 0.345. The van der Waals surface area contributed by atoms with Crippen molar-refractivity contribution >= 4 is 11.8 Å². The van der Waals surface area contributed by atoms with Gasteiger partial charge >= 0.3 is 6.09 Å². The molecule has 4 nitrogen and oxygen atoms in total. The van der Waals surface area contributed by atoms with E-state index in [2.05, 4.69) is 5.43 Å². The predicted molar refractivity (Wildman–Crippen MR) is 48.1 cm³/mol. The Morgan fingerprint density at radius 3 is 3.00 bits per heavy atom. The highest BCUT2D eigenvalue weighted by atomic mass is 19.1. The first-order chi connectivity index (χ1) is 6.75. The fourth-order valence-electron chi connectivity index (χ4n) is 1.21. The van der Waals surface area contributed by atoms with Crippen LogP contribution in [0.5, 0.6) is 0 Å². The first-order valence-electron chi connectivity index (χ1n) is 4.22. The van der Waals surface area contributed by atoms with E-state index in [1.165, 1.54) is 17.1 Å². The molecule has 5 heteroatoms. The standard InChI is InChI=1S/C9H9FN2O2/c10-7-2-1-3-8(6-7)11-12-4-5-14-9(12)13/h1-3,6,11H,4-5H2. The van der Waals surface area contributed by atoms with Crippen LogP contribution in [0, 0.1) is 5.82 Å². The van der Waals surface area contributed by atoms with Gasteiger partial charge in [0.15, 0.2) is 0 Å². The Bertz CT molecular complexity index is 356. The predicted octanol–water partition coefficient (Wildman–Crippen LogP) is 1.60. The molecule has 0 spiro atoms.